The summed E-state index contributed by atoms with van der Waals surface area (Å²) < 4.78 is 5.42. The van der Waals surface area contributed by atoms with Gasteiger partial charge >= 0.3 is 5.97 Å². The molecule has 0 spiro atoms. The third-order valence-corrected chi connectivity index (χ3v) is 3.14. The van der Waals surface area contributed by atoms with Gasteiger partial charge in [-0.25, -0.2) is 4.79 Å². The van der Waals surface area contributed by atoms with Crippen molar-refractivity contribution in [2.24, 2.45) is 0 Å². The van der Waals surface area contributed by atoms with Crippen LogP contribution in [0.25, 0.3) is 0 Å². The Labute approximate surface area is 83.8 Å². The molecule has 2 aliphatic rings. The molecule has 0 aromatic rings. The first-order valence-electron chi connectivity index (χ1n) is 5.28. The molecule has 0 saturated carbocycles. The Morgan fingerprint density at radius 1 is 1.57 bits per heavy atom. The van der Waals surface area contributed by atoms with E-state index in [1.807, 2.05) is 0 Å². The summed E-state index contributed by atoms with van der Waals surface area (Å²) in [5.74, 6) is -0.789. The number of carboxylic acid groups (broad SMARTS) is 1. The van der Waals surface area contributed by atoms with E-state index in [2.05, 4.69) is 6.08 Å². The fourth-order valence-corrected chi connectivity index (χ4v) is 2.35. The third kappa shape index (κ3) is 1.69. The van der Waals surface area contributed by atoms with Crippen molar-refractivity contribution in [1.82, 2.24) is 0 Å². The molecule has 1 N–H and O–H groups in total. The molecule has 78 valence electrons. The molecule has 1 aliphatic heterocycles. The lowest BCUT2D eigenvalue weighted by Crippen LogP contribution is -2.38. The van der Waals surface area contributed by atoms with Crippen LogP contribution >= 0.6 is 0 Å². The zero-order chi connectivity index (χ0) is 10.0. The second kappa shape index (κ2) is 3.73. The Balaban J connectivity index is 2.07. The summed E-state index contributed by atoms with van der Waals surface area (Å²) >= 11 is 0. The predicted molar refractivity (Wildman–Crippen MR) is 52.1 cm³/mol. The molecule has 0 bridgehead atoms. The van der Waals surface area contributed by atoms with Crippen molar-refractivity contribution in [2.75, 3.05) is 6.61 Å². The van der Waals surface area contributed by atoms with Gasteiger partial charge in [-0.15, -0.1) is 0 Å². The van der Waals surface area contributed by atoms with Gasteiger partial charge < -0.3 is 9.84 Å². The molecule has 0 aromatic carbocycles. The molecular weight excluding hydrogens is 180 g/mol. The summed E-state index contributed by atoms with van der Waals surface area (Å²) in [5.41, 5.74) is 0.380. The van der Waals surface area contributed by atoms with Crippen LogP contribution in [0.1, 0.15) is 38.5 Å². The van der Waals surface area contributed by atoms with Crippen LogP contribution in [0.2, 0.25) is 0 Å². The van der Waals surface area contributed by atoms with Gasteiger partial charge in [0.2, 0.25) is 0 Å². The Bertz CT molecular complexity index is 262. The number of allylic oxidation sites excluding steroid dienone is 1. The van der Waals surface area contributed by atoms with Gasteiger partial charge in [-0.2, -0.15) is 0 Å². The van der Waals surface area contributed by atoms with E-state index in [4.69, 9.17) is 4.74 Å². The number of rotatable bonds is 3. The van der Waals surface area contributed by atoms with E-state index in [-0.39, 0.29) is 0 Å². The minimum atomic E-state index is -0.893. The monoisotopic (exact) mass is 196 g/mol. The molecule has 1 saturated heterocycles. The van der Waals surface area contributed by atoms with E-state index in [0.29, 0.717) is 19.4 Å². The van der Waals surface area contributed by atoms with Gasteiger partial charge in [0.15, 0.2) is 5.60 Å². The average molecular weight is 196 g/mol. The van der Waals surface area contributed by atoms with Crippen LogP contribution in [0.3, 0.4) is 0 Å². The lowest BCUT2D eigenvalue weighted by atomic mass is 9.91. The van der Waals surface area contributed by atoms with E-state index in [1.165, 1.54) is 12.0 Å². The molecule has 14 heavy (non-hydrogen) atoms. The Morgan fingerprint density at radius 3 is 2.93 bits per heavy atom. The third-order valence-electron chi connectivity index (χ3n) is 3.14. The van der Waals surface area contributed by atoms with Crippen LogP contribution < -0.4 is 0 Å². The maximum absolute atomic E-state index is 11.2. The minimum absolute atomic E-state index is 0.597. The summed E-state index contributed by atoms with van der Waals surface area (Å²) in [4.78, 5) is 11.2. The molecule has 1 atom stereocenters. The highest BCUT2D eigenvalue weighted by molar-refractivity contribution is 5.78. The summed E-state index contributed by atoms with van der Waals surface area (Å²) in [6.07, 6.45) is 7.64. The van der Waals surface area contributed by atoms with E-state index >= 15 is 0 Å². The first kappa shape index (κ1) is 9.71. The first-order valence-corrected chi connectivity index (χ1v) is 5.28. The summed E-state index contributed by atoms with van der Waals surface area (Å²) in [7, 11) is 0. The van der Waals surface area contributed by atoms with Crippen molar-refractivity contribution in [2.45, 2.75) is 44.1 Å². The van der Waals surface area contributed by atoms with Crippen LogP contribution in [0, 0.1) is 0 Å². The lowest BCUT2D eigenvalue weighted by Gasteiger charge is -2.23. The van der Waals surface area contributed by atoms with Crippen molar-refractivity contribution in [1.29, 1.82) is 0 Å². The smallest absolute Gasteiger partial charge is 0.336 e. The van der Waals surface area contributed by atoms with E-state index in [0.717, 1.165) is 19.3 Å². The van der Waals surface area contributed by atoms with E-state index < -0.39 is 11.6 Å². The summed E-state index contributed by atoms with van der Waals surface area (Å²) in [6, 6.07) is 0. The summed E-state index contributed by atoms with van der Waals surface area (Å²) in [5, 5.41) is 9.17. The van der Waals surface area contributed by atoms with Gasteiger partial charge in [0.1, 0.15) is 0 Å². The minimum Gasteiger partial charge on any atom is -0.479 e. The van der Waals surface area contributed by atoms with Crippen molar-refractivity contribution >= 4 is 5.97 Å². The quantitative estimate of drug-likeness (QED) is 0.703. The van der Waals surface area contributed by atoms with Crippen molar-refractivity contribution in [3.63, 3.8) is 0 Å². The highest BCUT2D eigenvalue weighted by Crippen LogP contribution is 2.35. The molecule has 1 aliphatic carbocycles. The van der Waals surface area contributed by atoms with Gasteiger partial charge in [-0.05, 0) is 32.1 Å². The normalized spacial score (nSPS) is 31.9. The first-order chi connectivity index (χ1) is 6.73. The molecule has 0 amide bonds. The zero-order valence-corrected chi connectivity index (χ0v) is 8.29. The number of carbonyl (C=O) groups is 1. The van der Waals surface area contributed by atoms with Crippen LogP contribution in [0.4, 0.5) is 0 Å². The molecule has 3 heteroatoms. The number of aliphatic carboxylic acids is 1. The molecular formula is C11H16O3. The second-order valence-electron chi connectivity index (χ2n) is 4.18. The summed E-state index contributed by atoms with van der Waals surface area (Å²) in [6.45, 7) is 0.597. The maximum Gasteiger partial charge on any atom is 0.336 e. The predicted octanol–water partition coefficient (Wildman–Crippen LogP) is 2.12. The molecule has 0 radical (unpaired) electrons. The van der Waals surface area contributed by atoms with Crippen LogP contribution in [0.5, 0.6) is 0 Å². The number of hydrogen-bond donors (Lipinski definition) is 1. The Hall–Kier alpha value is -0.830. The number of hydrogen-bond acceptors (Lipinski definition) is 2. The zero-order valence-electron chi connectivity index (χ0n) is 8.29. The van der Waals surface area contributed by atoms with Crippen LogP contribution in [-0.4, -0.2) is 23.3 Å². The molecule has 3 nitrogen and oxygen atoms in total. The van der Waals surface area contributed by atoms with E-state index in [9.17, 15) is 9.90 Å². The van der Waals surface area contributed by atoms with Gasteiger partial charge in [0.25, 0.3) is 0 Å². The van der Waals surface area contributed by atoms with Gasteiger partial charge in [-0.3, -0.25) is 0 Å². The Kier molecular flexibility index (Phi) is 2.59. The Morgan fingerprint density at radius 2 is 2.43 bits per heavy atom. The molecule has 1 unspecified atom stereocenters. The van der Waals surface area contributed by atoms with Crippen LogP contribution in [-0.2, 0) is 9.53 Å². The van der Waals surface area contributed by atoms with Gasteiger partial charge in [0.05, 0.1) is 0 Å². The lowest BCUT2D eigenvalue weighted by molar-refractivity contribution is -0.159. The van der Waals surface area contributed by atoms with E-state index in [1.54, 1.807) is 0 Å². The highest BCUT2D eigenvalue weighted by atomic mass is 16.5. The fraction of sp³-hybridized carbons (Fsp3) is 0.727. The van der Waals surface area contributed by atoms with Crippen LogP contribution in [0.15, 0.2) is 11.6 Å². The van der Waals surface area contributed by atoms with Crippen molar-refractivity contribution in [3.8, 4) is 0 Å². The van der Waals surface area contributed by atoms with Gasteiger partial charge in [0, 0.05) is 13.0 Å². The molecule has 1 heterocycles. The topological polar surface area (TPSA) is 46.5 Å². The molecule has 2 rings (SSSR count). The SMILES string of the molecule is O=C(O)C1(CC2=CCCC2)CCCO1. The molecule has 1 fully saturated rings. The average Bonchev–Trinajstić information content (AvgIpc) is 2.76. The maximum atomic E-state index is 11.2. The van der Waals surface area contributed by atoms with Crippen molar-refractivity contribution < 1.29 is 14.6 Å². The standard InChI is InChI=1S/C11H16O3/c12-10(13)11(6-3-7-14-11)8-9-4-1-2-5-9/h4H,1-3,5-8H2,(H,12,13). The van der Waals surface area contributed by atoms with Gasteiger partial charge in [-0.1, -0.05) is 11.6 Å². The fourth-order valence-electron chi connectivity index (χ4n) is 2.35. The second-order valence-corrected chi connectivity index (χ2v) is 4.18. The van der Waals surface area contributed by atoms with Crippen molar-refractivity contribution in [3.05, 3.63) is 11.6 Å². The number of ether oxygens (including phenoxy) is 1. The molecule has 0 aromatic heterocycles. The highest BCUT2D eigenvalue weighted by Gasteiger charge is 2.43. The number of carboxylic acids is 1. The largest absolute Gasteiger partial charge is 0.479 e.